The van der Waals surface area contributed by atoms with Gasteiger partial charge in [-0.1, -0.05) is 0 Å². The van der Waals surface area contributed by atoms with Gasteiger partial charge in [-0.05, 0) is 62.9 Å². The summed E-state index contributed by atoms with van der Waals surface area (Å²) in [6, 6.07) is 5.48. The van der Waals surface area contributed by atoms with Crippen molar-refractivity contribution in [3.05, 3.63) is 29.3 Å². The molecule has 2 heterocycles. The fourth-order valence-electron chi connectivity index (χ4n) is 3.72. The molecule has 140 valence electrons. The molecule has 25 heavy (non-hydrogen) atoms. The third-order valence-corrected chi connectivity index (χ3v) is 6.95. The van der Waals surface area contributed by atoms with E-state index in [-0.39, 0.29) is 30.1 Å². The highest BCUT2D eigenvalue weighted by Gasteiger charge is 2.33. The molecular weight excluding hydrogens is 362 g/mol. The first-order valence-corrected chi connectivity index (χ1v) is 10.1. The summed E-state index contributed by atoms with van der Waals surface area (Å²) >= 11 is 0. The van der Waals surface area contributed by atoms with Gasteiger partial charge in [0.1, 0.15) is 0 Å². The molecule has 0 bridgehead atoms. The number of carbonyl (C=O) groups is 1. The second kappa shape index (κ2) is 7.51. The number of amides is 1. The van der Waals surface area contributed by atoms with Crippen LogP contribution in [0.1, 0.15) is 35.7 Å². The maximum absolute atomic E-state index is 12.9. The summed E-state index contributed by atoms with van der Waals surface area (Å²) in [7, 11) is -3.20. The van der Waals surface area contributed by atoms with Crippen molar-refractivity contribution in [2.24, 2.45) is 11.7 Å². The first-order chi connectivity index (χ1) is 11.3. The molecular formula is C17H26ClN3O3S. The molecule has 2 fully saturated rings. The third-order valence-electron chi connectivity index (χ3n) is 5.08. The number of rotatable bonds is 3. The summed E-state index contributed by atoms with van der Waals surface area (Å²) in [5, 5.41) is 0. The predicted molar refractivity (Wildman–Crippen MR) is 102 cm³/mol. The van der Waals surface area contributed by atoms with E-state index in [1.54, 1.807) is 18.2 Å². The molecule has 2 N–H and O–H groups in total. The van der Waals surface area contributed by atoms with Crippen LogP contribution >= 0.6 is 12.4 Å². The Labute approximate surface area is 155 Å². The molecule has 0 spiro atoms. The standard InChI is InChI=1S/C17H25N3O3S.ClH/c1-12-8-15(20-6-3-7-24(20,22)23)4-5-16(12)17(21)19-11-14(10-18)9-13(19)2;/h4-5,8,13-14H,3,6-7,9-11,18H2,1-2H3;1H. The van der Waals surface area contributed by atoms with Gasteiger partial charge in [0.25, 0.3) is 5.91 Å². The van der Waals surface area contributed by atoms with E-state index >= 15 is 0 Å². The number of hydrogen-bond acceptors (Lipinski definition) is 4. The van der Waals surface area contributed by atoms with Crippen LogP contribution in [-0.4, -0.2) is 50.7 Å². The fraction of sp³-hybridized carbons (Fsp3) is 0.588. The zero-order valence-electron chi connectivity index (χ0n) is 14.6. The van der Waals surface area contributed by atoms with Crippen LogP contribution in [0.2, 0.25) is 0 Å². The Morgan fingerprint density at radius 3 is 2.60 bits per heavy atom. The summed E-state index contributed by atoms with van der Waals surface area (Å²) < 4.78 is 25.5. The monoisotopic (exact) mass is 387 g/mol. The van der Waals surface area contributed by atoms with Gasteiger partial charge in [-0.2, -0.15) is 0 Å². The third kappa shape index (κ3) is 3.78. The van der Waals surface area contributed by atoms with E-state index in [1.807, 2.05) is 18.7 Å². The van der Waals surface area contributed by atoms with Crippen LogP contribution in [0.5, 0.6) is 0 Å². The van der Waals surface area contributed by atoms with E-state index in [1.165, 1.54) is 4.31 Å². The van der Waals surface area contributed by atoms with E-state index in [0.29, 0.717) is 43.2 Å². The van der Waals surface area contributed by atoms with Crippen molar-refractivity contribution in [1.29, 1.82) is 0 Å². The summed E-state index contributed by atoms with van der Waals surface area (Å²) in [6.45, 7) is 5.71. The zero-order valence-corrected chi connectivity index (χ0v) is 16.3. The van der Waals surface area contributed by atoms with Crippen LogP contribution in [-0.2, 0) is 10.0 Å². The van der Waals surface area contributed by atoms with Crippen molar-refractivity contribution >= 4 is 34.0 Å². The van der Waals surface area contributed by atoms with Gasteiger partial charge in [0, 0.05) is 24.7 Å². The number of likely N-dealkylation sites (tertiary alicyclic amines) is 1. The van der Waals surface area contributed by atoms with Crippen molar-refractivity contribution < 1.29 is 13.2 Å². The van der Waals surface area contributed by atoms with Crippen LogP contribution in [0.25, 0.3) is 0 Å². The lowest BCUT2D eigenvalue weighted by Crippen LogP contribution is -2.35. The molecule has 0 radical (unpaired) electrons. The second-order valence-corrected chi connectivity index (χ2v) is 8.90. The van der Waals surface area contributed by atoms with Gasteiger partial charge >= 0.3 is 0 Å². The summed E-state index contributed by atoms with van der Waals surface area (Å²) in [5.41, 5.74) is 7.84. The molecule has 2 unspecified atom stereocenters. The van der Waals surface area contributed by atoms with Crippen molar-refractivity contribution in [3.63, 3.8) is 0 Å². The van der Waals surface area contributed by atoms with Crippen LogP contribution in [0.15, 0.2) is 18.2 Å². The summed E-state index contributed by atoms with van der Waals surface area (Å²) in [4.78, 5) is 14.7. The average molecular weight is 388 g/mol. The molecule has 3 rings (SSSR count). The van der Waals surface area contributed by atoms with Crippen LogP contribution < -0.4 is 10.0 Å². The van der Waals surface area contributed by atoms with Gasteiger partial charge in [0.05, 0.1) is 11.4 Å². The maximum atomic E-state index is 12.9. The predicted octanol–water partition coefficient (Wildman–Crippen LogP) is 1.77. The molecule has 1 aromatic carbocycles. The van der Waals surface area contributed by atoms with Gasteiger partial charge in [0.15, 0.2) is 0 Å². The number of nitrogens with two attached hydrogens (primary N) is 1. The highest BCUT2D eigenvalue weighted by atomic mass is 35.5. The number of sulfonamides is 1. The quantitative estimate of drug-likeness (QED) is 0.856. The van der Waals surface area contributed by atoms with Gasteiger partial charge < -0.3 is 10.6 Å². The van der Waals surface area contributed by atoms with E-state index in [2.05, 4.69) is 0 Å². The van der Waals surface area contributed by atoms with E-state index in [4.69, 9.17) is 5.73 Å². The molecule has 2 atom stereocenters. The number of anilines is 1. The summed E-state index contributed by atoms with van der Waals surface area (Å²) in [6.07, 6.45) is 1.58. The zero-order chi connectivity index (χ0) is 17.5. The van der Waals surface area contributed by atoms with Crippen molar-refractivity contribution in [2.75, 3.05) is 29.7 Å². The lowest BCUT2D eigenvalue weighted by Gasteiger charge is -2.23. The molecule has 0 aromatic heterocycles. The molecule has 8 heteroatoms. The largest absolute Gasteiger partial charge is 0.336 e. The number of halogens is 1. The summed E-state index contributed by atoms with van der Waals surface area (Å²) in [5.74, 6) is 0.559. The SMILES string of the molecule is Cc1cc(N2CCCS2(=O)=O)ccc1C(=O)N1CC(CN)CC1C.Cl. The lowest BCUT2D eigenvalue weighted by molar-refractivity contribution is 0.0742. The topological polar surface area (TPSA) is 83.7 Å². The maximum Gasteiger partial charge on any atom is 0.254 e. The fourth-order valence-corrected chi connectivity index (χ4v) is 5.28. The van der Waals surface area contributed by atoms with Crippen LogP contribution in [0, 0.1) is 12.8 Å². The van der Waals surface area contributed by atoms with Gasteiger partial charge in [-0.3, -0.25) is 9.10 Å². The van der Waals surface area contributed by atoms with E-state index in [0.717, 1.165) is 12.0 Å². The molecule has 6 nitrogen and oxygen atoms in total. The molecule has 0 aliphatic carbocycles. The molecule has 0 saturated carbocycles. The molecule has 2 aliphatic rings. The molecule has 2 saturated heterocycles. The van der Waals surface area contributed by atoms with Crippen LogP contribution in [0.4, 0.5) is 5.69 Å². The van der Waals surface area contributed by atoms with Crippen molar-refractivity contribution in [2.45, 2.75) is 32.7 Å². The Kier molecular flexibility index (Phi) is 6.01. The minimum atomic E-state index is -3.20. The Morgan fingerprint density at radius 1 is 1.36 bits per heavy atom. The Morgan fingerprint density at radius 2 is 2.08 bits per heavy atom. The Hall–Kier alpha value is -1.31. The number of carbonyl (C=O) groups excluding carboxylic acids is 1. The van der Waals surface area contributed by atoms with E-state index < -0.39 is 10.0 Å². The van der Waals surface area contributed by atoms with Gasteiger partial charge in [-0.15, -0.1) is 12.4 Å². The Balaban J connectivity index is 0.00000225. The van der Waals surface area contributed by atoms with E-state index in [9.17, 15) is 13.2 Å². The van der Waals surface area contributed by atoms with Crippen molar-refractivity contribution in [3.8, 4) is 0 Å². The number of aryl methyl sites for hydroxylation is 1. The minimum absolute atomic E-state index is 0. The Bertz CT molecular complexity index is 754. The normalized spacial score (nSPS) is 25.1. The van der Waals surface area contributed by atoms with Gasteiger partial charge in [-0.25, -0.2) is 8.42 Å². The van der Waals surface area contributed by atoms with Gasteiger partial charge in [0.2, 0.25) is 10.0 Å². The van der Waals surface area contributed by atoms with Crippen molar-refractivity contribution in [1.82, 2.24) is 4.90 Å². The average Bonchev–Trinajstić information content (AvgIpc) is 3.08. The second-order valence-electron chi connectivity index (χ2n) is 6.88. The molecule has 1 aromatic rings. The lowest BCUT2D eigenvalue weighted by atomic mass is 10.1. The first kappa shape index (κ1) is 20.0. The first-order valence-electron chi connectivity index (χ1n) is 8.45. The molecule has 2 aliphatic heterocycles. The highest BCUT2D eigenvalue weighted by molar-refractivity contribution is 7.93. The molecule has 1 amide bonds. The number of benzene rings is 1. The van der Waals surface area contributed by atoms with Crippen LogP contribution in [0.3, 0.4) is 0 Å². The minimum Gasteiger partial charge on any atom is -0.336 e. The number of hydrogen-bond donors (Lipinski definition) is 1. The smallest absolute Gasteiger partial charge is 0.254 e. The highest BCUT2D eigenvalue weighted by Crippen LogP contribution is 2.29. The number of nitrogens with zero attached hydrogens (tertiary/aromatic N) is 2.